The van der Waals surface area contributed by atoms with E-state index in [1.807, 2.05) is 51.1 Å². The van der Waals surface area contributed by atoms with E-state index in [9.17, 15) is 19.2 Å². The van der Waals surface area contributed by atoms with E-state index < -0.39 is 36.1 Å². The Morgan fingerprint density at radius 1 is 0.929 bits per heavy atom. The molecular formula is C31H42N6O5. The minimum atomic E-state index is -0.873. The SMILES string of the molecule is CO[C@@H]1/C=C/c2cc3cc(ccc3cn2)[C@@H](C)NC(=O)[C@@H]2CCCN(N2)C(=O)[C@@H](C)NC(=O)[C@H](C(C)C)NC(=O)[C@@H]1C. The van der Waals surface area contributed by atoms with Crippen molar-refractivity contribution in [2.45, 2.75) is 77.7 Å². The van der Waals surface area contributed by atoms with Crippen LogP contribution in [0, 0.1) is 11.8 Å². The van der Waals surface area contributed by atoms with Crippen LogP contribution in [0.2, 0.25) is 0 Å². The second-order valence-corrected chi connectivity index (χ2v) is 11.6. The molecule has 42 heavy (non-hydrogen) atoms. The van der Waals surface area contributed by atoms with Gasteiger partial charge in [-0.3, -0.25) is 29.2 Å². The Balaban J connectivity index is 1.68. The van der Waals surface area contributed by atoms with Gasteiger partial charge >= 0.3 is 0 Å². The summed E-state index contributed by atoms with van der Waals surface area (Å²) in [5.74, 6) is -2.22. The molecule has 2 aliphatic heterocycles. The van der Waals surface area contributed by atoms with Crippen molar-refractivity contribution in [1.82, 2.24) is 31.4 Å². The van der Waals surface area contributed by atoms with Crippen LogP contribution in [-0.4, -0.2) is 71.5 Å². The van der Waals surface area contributed by atoms with Crippen molar-refractivity contribution in [3.05, 3.63) is 47.8 Å². The first-order valence-corrected chi connectivity index (χ1v) is 14.6. The Morgan fingerprint density at radius 3 is 2.38 bits per heavy atom. The molecule has 11 heteroatoms. The van der Waals surface area contributed by atoms with Crippen molar-refractivity contribution in [3.63, 3.8) is 0 Å². The number of carbonyl (C=O) groups excluding carboxylic acids is 4. The van der Waals surface area contributed by atoms with Gasteiger partial charge in [0.2, 0.25) is 17.7 Å². The van der Waals surface area contributed by atoms with Crippen LogP contribution >= 0.6 is 0 Å². The first kappa shape index (κ1) is 31.1. The number of nitrogens with zero attached hydrogens (tertiary/aromatic N) is 2. The summed E-state index contributed by atoms with van der Waals surface area (Å²) in [6, 6.07) is 5.30. The Labute approximate surface area is 246 Å². The highest BCUT2D eigenvalue weighted by Gasteiger charge is 2.34. The van der Waals surface area contributed by atoms with Gasteiger partial charge in [-0.1, -0.05) is 39.0 Å². The van der Waals surface area contributed by atoms with Crippen molar-refractivity contribution < 1.29 is 23.9 Å². The fourth-order valence-corrected chi connectivity index (χ4v) is 5.28. The molecule has 0 saturated carbocycles. The van der Waals surface area contributed by atoms with Crippen molar-refractivity contribution in [1.29, 1.82) is 0 Å². The van der Waals surface area contributed by atoms with E-state index >= 15 is 0 Å². The van der Waals surface area contributed by atoms with Gasteiger partial charge in [-0.2, -0.15) is 0 Å². The summed E-state index contributed by atoms with van der Waals surface area (Å²) >= 11 is 0. The highest BCUT2D eigenvalue weighted by atomic mass is 16.5. The van der Waals surface area contributed by atoms with E-state index in [0.29, 0.717) is 25.1 Å². The summed E-state index contributed by atoms with van der Waals surface area (Å²) in [4.78, 5) is 57.5. The lowest BCUT2D eigenvalue weighted by Gasteiger charge is -2.35. The molecule has 4 amide bonds. The van der Waals surface area contributed by atoms with Crippen LogP contribution in [0.25, 0.3) is 16.8 Å². The predicted molar refractivity (Wildman–Crippen MR) is 160 cm³/mol. The lowest BCUT2D eigenvalue weighted by molar-refractivity contribution is -0.143. The molecule has 3 heterocycles. The number of hydrazine groups is 1. The molecule has 1 aromatic carbocycles. The van der Waals surface area contributed by atoms with Crippen LogP contribution in [0.5, 0.6) is 0 Å². The van der Waals surface area contributed by atoms with Gasteiger partial charge in [0.25, 0.3) is 5.91 Å². The molecule has 11 nitrogen and oxygen atoms in total. The Morgan fingerprint density at radius 2 is 1.67 bits per heavy atom. The van der Waals surface area contributed by atoms with Crippen LogP contribution < -0.4 is 21.4 Å². The van der Waals surface area contributed by atoms with Gasteiger partial charge in [0.1, 0.15) is 18.1 Å². The summed E-state index contributed by atoms with van der Waals surface area (Å²) < 4.78 is 5.61. The molecule has 0 aliphatic carbocycles. The molecule has 1 aromatic heterocycles. The number of benzene rings is 1. The number of nitrogens with one attached hydrogen (secondary N) is 4. The standard InChI is InChI=1S/C31H42N6O5/c1-17(2)27-30(40)34-20(5)31(41)37-13-7-8-25(36-37)29(39)33-19(4)21-9-10-22-16-32-24(15-23(22)14-21)11-12-26(42-6)18(3)28(38)35-27/h9-12,14-20,25-27,36H,7-8,13H2,1-6H3,(H,33,39)(H,34,40)(H,35,38)/b12-11+/t18-,19-,20-,25+,26-,27+/m1/s1. The second kappa shape index (κ2) is 13.4. The van der Waals surface area contributed by atoms with E-state index in [0.717, 1.165) is 16.3 Å². The summed E-state index contributed by atoms with van der Waals surface area (Å²) in [6.45, 7) is 9.32. The molecule has 0 spiro atoms. The summed E-state index contributed by atoms with van der Waals surface area (Å²) in [6.07, 6.45) is 6.00. The van der Waals surface area contributed by atoms with Crippen molar-refractivity contribution in [3.8, 4) is 0 Å². The van der Waals surface area contributed by atoms with Crippen LogP contribution in [0.1, 0.15) is 64.8 Å². The summed E-state index contributed by atoms with van der Waals surface area (Å²) in [5, 5.41) is 12.0. The zero-order valence-electron chi connectivity index (χ0n) is 25.1. The van der Waals surface area contributed by atoms with Crippen LogP contribution in [0.3, 0.4) is 0 Å². The van der Waals surface area contributed by atoms with Gasteiger partial charge < -0.3 is 20.7 Å². The highest BCUT2D eigenvalue weighted by Crippen LogP contribution is 2.22. The van der Waals surface area contributed by atoms with Crippen molar-refractivity contribution in [2.24, 2.45) is 11.8 Å². The summed E-state index contributed by atoms with van der Waals surface area (Å²) in [7, 11) is 1.53. The van der Waals surface area contributed by atoms with E-state index in [4.69, 9.17) is 4.74 Å². The first-order chi connectivity index (χ1) is 20.0. The number of ether oxygens (including phenoxy) is 1. The molecule has 0 unspecified atom stereocenters. The molecular weight excluding hydrogens is 536 g/mol. The zero-order valence-corrected chi connectivity index (χ0v) is 25.1. The number of aromatic nitrogens is 1. The number of amides is 4. The fourth-order valence-electron chi connectivity index (χ4n) is 5.28. The maximum Gasteiger partial charge on any atom is 0.258 e. The molecule has 2 aromatic rings. The minimum absolute atomic E-state index is 0.209. The van der Waals surface area contributed by atoms with Gasteiger partial charge in [-0.25, -0.2) is 5.43 Å². The Bertz CT molecular complexity index is 1360. The number of pyridine rings is 1. The monoisotopic (exact) mass is 578 g/mol. The molecule has 4 rings (SSSR count). The molecule has 5 bridgehead atoms. The zero-order chi connectivity index (χ0) is 30.6. The molecule has 1 fully saturated rings. The largest absolute Gasteiger partial charge is 0.377 e. The maximum atomic E-state index is 13.3. The van der Waals surface area contributed by atoms with Crippen molar-refractivity contribution >= 4 is 40.5 Å². The molecule has 0 radical (unpaired) electrons. The third kappa shape index (κ3) is 7.14. The fraction of sp³-hybridized carbons (Fsp3) is 0.516. The topological polar surface area (TPSA) is 142 Å². The van der Waals surface area contributed by atoms with Gasteiger partial charge in [0, 0.05) is 25.2 Å². The molecule has 4 N–H and O–H groups in total. The molecule has 6 atom stereocenters. The van der Waals surface area contributed by atoms with Crippen LogP contribution in [0.15, 0.2) is 36.5 Å². The lowest BCUT2D eigenvalue weighted by Crippen LogP contribution is -2.62. The molecule has 226 valence electrons. The van der Waals surface area contributed by atoms with E-state index in [1.54, 1.807) is 26.1 Å². The third-order valence-corrected chi connectivity index (χ3v) is 8.01. The average molecular weight is 579 g/mol. The number of methoxy groups -OCH3 is 1. The third-order valence-electron chi connectivity index (χ3n) is 8.01. The number of carbonyl (C=O) groups is 4. The smallest absolute Gasteiger partial charge is 0.258 e. The predicted octanol–water partition coefficient (Wildman–Crippen LogP) is 2.23. The van der Waals surface area contributed by atoms with E-state index in [2.05, 4.69) is 26.4 Å². The first-order valence-electron chi connectivity index (χ1n) is 14.6. The lowest BCUT2D eigenvalue weighted by atomic mass is 9.98. The van der Waals surface area contributed by atoms with Gasteiger partial charge in [-0.15, -0.1) is 0 Å². The van der Waals surface area contributed by atoms with Crippen LogP contribution in [0.4, 0.5) is 0 Å². The minimum Gasteiger partial charge on any atom is -0.377 e. The number of hydrogen-bond donors (Lipinski definition) is 4. The average Bonchev–Trinajstić information content (AvgIpc) is 2.98. The van der Waals surface area contributed by atoms with Gasteiger partial charge in [-0.05, 0) is 61.8 Å². The second-order valence-electron chi connectivity index (χ2n) is 11.6. The normalized spacial score (nSPS) is 29.1. The number of hydrogen-bond acceptors (Lipinski definition) is 7. The van der Waals surface area contributed by atoms with E-state index in [1.165, 1.54) is 12.1 Å². The van der Waals surface area contributed by atoms with Crippen molar-refractivity contribution in [2.75, 3.05) is 13.7 Å². The summed E-state index contributed by atoms with van der Waals surface area (Å²) in [5.41, 5.74) is 4.67. The Kier molecular flexibility index (Phi) is 9.95. The molecule has 1 saturated heterocycles. The Hall–Kier alpha value is -3.83. The molecule has 2 aliphatic rings. The van der Waals surface area contributed by atoms with Crippen LogP contribution in [-0.2, 0) is 23.9 Å². The highest BCUT2D eigenvalue weighted by molar-refractivity contribution is 5.93. The van der Waals surface area contributed by atoms with Gasteiger partial charge in [0.05, 0.1) is 23.8 Å². The number of rotatable bonds is 2. The van der Waals surface area contributed by atoms with Gasteiger partial charge in [0.15, 0.2) is 0 Å². The maximum absolute atomic E-state index is 13.3. The van der Waals surface area contributed by atoms with E-state index in [-0.39, 0.29) is 29.7 Å². The number of fused-ring (bicyclic) bond motifs is 4. The quantitative estimate of drug-likeness (QED) is 0.428.